The molecule has 0 bridgehead atoms. The highest BCUT2D eigenvalue weighted by molar-refractivity contribution is 8.01. The van der Waals surface area contributed by atoms with Crippen LogP contribution >= 0.6 is 35.1 Å². The van der Waals surface area contributed by atoms with Crippen molar-refractivity contribution in [2.24, 2.45) is 5.92 Å². The van der Waals surface area contributed by atoms with Crippen molar-refractivity contribution >= 4 is 58.8 Å². The van der Waals surface area contributed by atoms with Gasteiger partial charge in [0.05, 0.1) is 4.75 Å². The Morgan fingerprint density at radius 3 is 2.54 bits per heavy atom. The third-order valence-corrected chi connectivity index (χ3v) is 9.78. The Bertz CT molecular complexity index is 1240. The highest BCUT2D eigenvalue weighted by atomic mass is 35.5. The van der Waals surface area contributed by atoms with Crippen molar-refractivity contribution in [3.05, 3.63) is 51.7 Å². The number of amides is 3. The molecule has 5 rings (SSSR count). The number of β-lactam (4-membered cyclic amide) rings is 1. The van der Waals surface area contributed by atoms with Crippen LogP contribution in [0.15, 0.2) is 51.6 Å². The molecule has 0 unspecified atom stereocenters. The summed E-state index contributed by atoms with van der Waals surface area (Å²) in [5.41, 5.74) is 1.92. The van der Waals surface area contributed by atoms with Gasteiger partial charge in [0.2, 0.25) is 11.8 Å². The van der Waals surface area contributed by atoms with Gasteiger partial charge >= 0.3 is 5.97 Å². The topological polar surface area (TPSA) is 116 Å². The first-order chi connectivity index (χ1) is 17.6. The highest BCUT2D eigenvalue weighted by Crippen LogP contribution is 2.47. The zero-order chi connectivity index (χ0) is 26.5. The van der Waals surface area contributed by atoms with E-state index >= 15 is 0 Å². The SMILES string of the molecule is CC(C)(Sc1ccc(Cl)cc1)C(=O)N[C@@H]1C(=O)N2C(C(=O)O)=C(C(CC3CC3)=C3CCNC3=O)CS[C@H]12. The van der Waals surface area contributed by atoms with E-state index in [0.29, 0.717) is 47.2 Å². The van der Waals surface area contributed by atoms with Gasteiger partial charge in [0.15, 0.2) is 0 Å². The van der Waals surface area contributed by atoms with Crippen molar-refractivity contribution in [3.63, 3.8) is 0 Å². The minimum Gasteiger partial charge on any atom is -0.477 e. The van der Waals surface area contributed by atoms with Gasteiger partial charge in [-0.25, -0.2) is 4.79 Å². The molecule has 0 radical (unpaired) electrons. The molecule has 3 aliphatic heterocycles. The second-order valence-corrected chi connectivity index (χ2v) is 13.4. The van der Waals surface area contributed by atoms with Crippen molar-refractivity contribution in [2.45, 2.75) is 60.6 Å². The largest absolute Gasteiger partial charge is 0.477 e. The molecule has 0 spiro atoms. The van der Waals surface area contributed by atoms with Gasteiger partial charge < -0.3 is 15.7 Å². The fourth-order valence-electron chi connectivity index (χ4n) is 4.86. The molecule has 2 atom stereocenters. The summed E-state index contributed by atoms with van der Waals surface area (Å²) in [6, 6.07) is 6.36. The molecular weight excluding hydrogens is 534 g/mol. The number of carboxylic acid groups (broad SMARTS) is 1. The number of halogens is 1. The molecule has 3 amide bonds. The third-order valence-electron chi connectivity index (χ3n) is 7.04. The molecule has 3 fully saturated rings. The predicted molar refractivity (Wildman–Crippen MR) is 143 cm³/mol. The van der Waals surface area contributed by atoms with E-state index in [4.69, 9.17) is 11.6 Å². The van der Waals surface area contributed by atoms with Gasteiger partial charge in [-0.3, -0.25) is 19.3 Å². The minimum atomic E-state index is -1.19. The predicted octanol–water partition coefficient (Wildman–Crippen LogP) is 3.57. The summed E-state index contributed by atoms with van der Waals surface area (Å²) >= 11 is 8.74. The number of carbonyl (C=O) groups excluding carboxylic acids is 3. The monoisotopic (exact) mass is 561 g/mol. The van der Waals surface area contributed by atoms with Crippen LogP contribution in [0.1, 0.15) is 39.5 Å². The summed E-state index contributed by atoms with van der Waals surface area (Å²) in [5.74, 6) is -1.29. The Kier molecular flexibility index (Phi) is 7.10. The van der Waals surface area contributed by atoms with Crippen LogP contribution in [0, 0.1) is 5.92 Å². The summed E-state index contributed by atoms with van der Waals surface area (Å²) in [7, 11) is 0. The van der Waals surface area contributed by atoms with E-state index in [1.807, 2.05) is 12.1 Å². The van der Waals surface area contributed by atoms with Crippen molar-refractivity contribution in [1.29, 1.82) is 0 Å². The Labute approximate surface area is 228 Å². The van der Waals surface area contributed by atoms with Crippen molar-refractivity contribution < 1.29 is 24.3 Å². The quantitative estimate of drug-likeness (QED) is 0.252. The van der Waals surface area contributed by atoms with E-state index in [0.717, 1.165) is 23.3 Å². The number of fused-ring (bicyclic) bond motifs is 1. The maximum absolute atomic E-state index is 13.2. The number of nitrogens with one attached hydrogen (secondary N) is 2. The molecule has 8 nitrogen and oxygen atoms in total. The Morgan fingerprint density at radius 2 is 1.95 bits per heavy atom. The molecular formula is C26H28ClN3O5S2. The second-order valence-electron chi connectivity index (χ2n) is 10.2. The van der Waals surface area contributed by atoms with E-state index < -0.39 is 28.0 Å². The number of aliphatic carboxylic acids is 1. The molecule has 3 heterocycles. The van der Waals surface area contributed by atoms with E-state index in [-0.39, 0.29) is 17.5 Å². The lowest BCUT2D eigenvalue weighted by atomic mass is 9.91. The Hall–Kier alpha value is -2.43. The number of nitrogens with zero attached hydrogens (tertiary/aromatic N) is 1. The lowest BCUT2D eigenvalue weighted by molar-refractivity contribution is -0.150. The highest BCUT2D eigenvalue weighted by Gasteiger charge is 2.55. The lowest BCUT2D eigenvalue weighted by Gasteiger charge is -2.50. The standard InChI is InChI=1S/C26H28ClN3O5S2/c1-26(2,37-15-7-5-14(27)6-8-15)25(35)29-19-22(32)30-20(24(33)34)18(12-36-23(19)30)17(11-13-3-4-13)16-9-10-28-21(16)31/h5-8,13,19,23H,3-4,9-12H2,1-2H3,(H,28,31)(H,29,35)(H,33,34)/t19-,23-/m1/s1. The number of rotatable bonds is 8. The number of carbonyl (C=O) groups is 4. The van der Waals surface area contributed by atoms with E-state index in [2.05, 4.69) is 10.6 Å². The molecule has 37 heavy (non-hydrogen) atoms. The van der Waals surface area contributed by atoms with Crippen LogP contribution in [-0.4, -0.2) is 62.2 Å². The fraction of sp³-hybridized carbons (Fsp3) is 0.462. The normalized spacial score (nSPS) is 24.9. The Balaban J connectivity index is 1.36. The molecule has 1 aliphatic carbocycles. The van der Waals surface area contributed by atoms with Crippen LogP contribution in [0.4, 0.5) is 0 Å². The summed E-state index contributed by atoms with van der Waals surface area (Å²) in [6.07, 6.45) is 3.33. The van der Waals surface area contributed by atoms with Gasteiger partial charge in [-0.1, -0.05) is 11.6 Å². The van der Waals surface area contributed by atoms with Crippen LogP contribution < -0.4 is 10.6 Å². The first kappa shape index (κ1) is 26.2. The molecule has 1 saturated carbocycles. The summed E-state index contributed by atoms with van der Waals surface area (Å²) in [6.45, 7) is 4.09. The molecule has 11 heteroatoms. The first-order valence-corrected chi connectivity index (χ1v) is 14.5. The Morgan fingerprint density at radius 1 is 1.24 bits per heavy atom. The molecule has 4 aliphatic rings. The number of allylic oxidation sites excluding steroid dienone is 1. The number of benzene rings is 1. The van der Waals surface area contributed by atoms with Crippen LogP contribution in [-0.2, 0) is 19.2 Å². The van der Waals surface area contributed by atoms with Gasteiger partial charge in [0.1, 0.15) is 17.1 Å². The van der Waals surface area contributed by atoms with Crippen LogP contribution in [0.3, 0.4) is 0 Å². The van der Waals surface area contributed by atoms with Gasteiger partial charge in [0.25, 0.3) is 5.91 Å². The van der Waals surface area contributed by atoms with Crippen molar-refractivity contribution in [2.75, 3.05) is 12.3 Å². The van der Waals surface area contributed by atoms with Crippen molar-refractivity contribution in [1.82, 2.24) is 15.5 Å². The summed E-state index contributed by atoms with van der Waals surface area (Å²) < 4.78 is -0.873. The smallest absolute Gasteiger partial charge is 0.352 e. The summed E-state index contributed by atoms with van der Waals surface area (Å²) in [4.78, 5) is 53.5. The maximum atomic E-state index is 13.2. The number of hydrogen-bond donors (Lipinski definition) is 3. The molecule has 3 N–H and O–H groups in total. The van der Waals surface area contributed by atoms with Crippen LogP contribution in [0.5, 0.6) is 0 Å². The van der Waals surface area contributed by atoms with Gasteiger partial charge in [-0.2, -0.15) is 0 Å². The fourth-order valence-corrected chi connectivity index (χ4v) is 7.38. The molecule has 1 aromatic carbocycles. The zero-order valence-electron chi connectivity index (χ0n) is 20.5. The van der Waals surface area contributed by atoms with Gasteiger partial charge in [-0.05, 0) is 80.9 Å². The average Bonchev–Trinajstić information content (AvgIpc) is 3.58. The van der Waals surface area contributed by atoms with Crippen LogP contribution in [0.2, 0.25) is 5.02 Å². The van der Waals surface area contributed by atoms with E-state index in [9.17, 15) is 24.3 Å². The van der Waals surface area contributed by atoms with Crippen LogP contribution in [0.25, 0.3) is 0 Å². The van der Waals surface area contributed by atoms with E-state index in [1.54, 1.807) is 26.0 Å². The molecule has 0 aromatic heterocycles. The maximum Gasteiger partial charge on any atom is 0.352 e. The number of hydrogen-bond acceptors (Lipinski definition) is 6. The molecule has 1 aromatic rings. The van der Waals surface area contributed by atoms with Gasteiger partial charge in [-0.15, -0.1) is 23.5 Å². The number of carboxylic acids is 1. The second kappa shape index (κ2) is 10.0. The lowest BCUT2D eigenvalue weighted by Crippen LogP contribution is -2.71. The summed E-state index contributed by atoms with van der Waals surface area (Å²) in [5, 5.41) is 15.9. The van der Waals surface area contributed by atoms with E-state index in [1.165, 1.54) is 28.4 Å². The average molecular weight is 562 g/mol. The zero-order valence-corrected chi connectivity index (χ0v) is 22.9. The van der Waals surface area contributed by atoms with Crippen molar-refractivity contribution in [3.8, 4) is 0 Å². The minimum absolute atomic E-state index is 0.0584. The first-order valence-electron chi connectivity index (χ1n) is 12.2. The third kappa shape index (κ3) is 5.15. The molecule has 196 valence electrons. The molecule has 2 saturated heterocycles. The van der Waals surface area contributed by atoms with Gasteiger partial charge in [0, 0.05) is 27.8 Å². The number of thioether (sulfide) groups is 2.